The van der Waals surface area contributed by atoms with Crippen molar-refractivity contribution in [3.8, 4) is 5.69 Å². The molecule has 0 bridgehead atoms. The number of alkyl halides is 3. The van der Waals surface area contributed by atoms with Crippen molar-refractivity contribution in [2.75, 3.05) is 18.0 Å². The SMILES string of the molecule is CC(C)(CC(F)(F)F)NC(=O)c1cn(-c2c(F)cc(F)cc2F)c2nc(N3C[C@@H](O)[C@H](O)C3)ccc2c1=O. The molecule has 14 heteroatoms. The van der Waals surface area contributed by atoms with Crippen LogP contribution in [0.3, 0.4) is 0 Å². The Balaban J connectivity index is 1.91. The fourth-order valence-corrected chi connectivity index (χ4v) is 4.34. The number of fused-ring (bicyclic) bond motifs is 1. The average Bonchev–Trinajstić information content (AvgIpc) is 3.10. The molecule has 0 unspecified atom stereocenters. The van der Waals surface area contributed by atoms with Crippen molar-refractivity contribution in [2.45, 2.75) is 44.2 Å². The lowest BCUT2D eigenvalue weighted by molar-refractivity contribution is -0.146. The fraction of sp³-hybridized carbons (Fsp3) is 0.375. The molecule has 0 saturated carbocycles. The summed E-state index contributed by atoms with van der Waals surface area (Å²) in [5, 5.41) is 21.5. The van der Waals surface area contributed by atoms with E-state index in [1.54, 1.807) is 0 Å². The summed E-state index contributed by atoms with van der Waals surface area (Å²) < 4.78 is 82.7. The molecule has 3 N–H and O–H groups in total. The highest BCUT2D eigenvalue weighted by Gasteiger charge is 2.38. The molecule has 1 amide bonds. The predicted octanol–water partition coefficient (Wildman–Crippen LogP) is 2.81. The highest BCUT2D eigenvalue weighted by atomic mass is 19.4. The van der Waals surface area contributed by atoms with Gasteiger partial charge in [0.1, 0.15) is 22.9 Å². The van der Waals surface area contributed by atoms with Crippen LogP contribution in [0.4, 0.5) is 32.2 Å². The van der Waals surface area contributed by atoms with Crippen LogP contribution < -0.4 is 15.6 Å². The number of nitrogens with one attached hydrogen (secondary N) is 1. The standard InChI is InChI=1S/C24H22F6N4O4/c1-23(2,10-24(28,29)30)32-22(38)13-7-34(19-14(26)5-11(25)6-15(19)27)21-12(20(13)37)3-4-18(31-21)33-8-16(35)17(36)9-33/h3-7,16-17,35-36H,8-10H2,1-2H3,(H,32,38)/t16-,17-/m1/s1. The molecule has 204 valence electrons. The molecule has 0 spiro atoms. The Kier molecular flexibility index (Phi) is 6.91. The number of carbonyl (C=O) groups is 1. The molecule has 2 aromatic heterocycles. The summed E-state index contributed by atoms with van der Waals surface area (Å²) >= 11 is 0. The third-order valence-corrected chi connectivity index (χ3v) is 5.98. The van der Waals surface area contributed by atoms with E-state index >= 15 is 0 Å². The lowest BCUT2D eigenvalue weighted by Crippen LogP contribution is -2.47. The predicted molar refractivity (Wildman–Crippen MR) is 124 cm³/mol. The van der Waals surface area contributed by atoms with Gasteiger partial charge >= 0.3 is 6.18 Å². The number of halogens is 6. The fourth-order valence-electron chi connectivity index (χ4n) is 4.34. The molecule has 0 radical (unpaired) electrons. The van der Waals surface area contributed by atoms with E-state index in [1.807, 2.05) is 0 Å². The molecule has 1 saturated heterocycles. The number of nitrogens with zero attached hydrogens (tertiary/aromatic N) is 3. The van der Waals surface area contributed by atoms with E-state index in [0.29, 0.717) is 22.9 Å². The second kappa shape index (κ2) is 9.58. The number of aliphatic hydroxyl groups excluding tert-OH is 2. The van der Waals surface area contributed by atoms with Gasteiger partial charge in [0.2, 0.25) is 5.43 Å². The number of anilines is 1. The number of hydrogen-bond acceptors (Lipinski definition) is 6. The van der Waals surface area contributed by atoms with Gasteiger partial charge in [-0.05, 0) is 26.0 Å². The maximum Gasteiger partial charge on any atom is 0.391 e. The first-order valence-corrected chi connectivity index (χ1v) is 11.3. The third-order valence-electron chi connectivity index (χ3n) is 5.98. The van der Waals surface area contributed by atoms with Crippen LogP contribution in [0.25, 0.3) is 16.7 Å². The molecule has 4 rings (SSSR count). The Morgan fingerprint density at radius 3 is 2.21 bits per heavy atom. The monoisotopic (exact) mass is 544 g/mol. The topological polar surface area (TPSA) is 108 Å². The minimum atomic E-state index is -4.64. The molecule has 38 heavy (non-hydrogen) atoms. The van der Waals surface area contributed by atoms with Gasteiger partial charge in [-0.15, -0.1) is 0 Å². The Hall–Kier alpha value is -3.65. The number of aliphatic hydroxyl groups is 2. The van der Waals surface area contributed by atoms with Crippen LogP contribution in [0.15, 0.2) is 35.3 Å². The van der Waals surface area contributed by atoms with E-state index in [-0.39, 0.29) is 29.9 Å². The normalized spacial score (nSPS) is 18.3. The quantitative estimate of drug-likeness (QED) is 0.427. The number of benzene rings is 1. The molecular weight excluding hydrogens is 522 g/mol. The number of amides is 1. The van der Waals surface area contributed by atoms with Gasteiger partial charge < -0.3 is 20.4 Å². The van der Waals surface area contributed by atoms with E-state index in [9.17, 15) is 46.1 Å². The summed E-state index contributed by atoms with van der Waals surface area (Å²) in [7, 11) is 0. The van der Waals surface area contributed by atoms with Crippen molar-refractivity contribution < 1.29 is 41.4 Å². The van der Waals surface area contributed by atoms with Gasteiger partial charge in [-0.1, -0.05) is 0 Å². The smallest absolute Gasteiger partial charge is 0.389 e. The van der Waals surface area contributed by atoms with Gasteiger partial charge in [-0.3, -0.25) is 14.2 Å². The molecule has 1 aromatic carbocycles. The van der Waals surface area contributed by atoms with Gasteiger partial charge in [0.25, 0.3) is 5.91 Å². The summed E-state index contributed by atoms with van der Waals surface area (Å²) in [6.07, 6.45) is -7.56. The first kappa shape index (κ1) is 27.4. The van der Waals surface area contributed by atoms with Crippen LogP contribution in [0.2, 0.25) is 0 Å². The summed E-state index contributed by atoms with van der Waals surface area (Å²) in [4.78, 5) is 31.8. The summed E-state index contributed by atoms with van der Waals surface area (Å²) in [5.74, 6) is -5.19. The lowest BCUT2D eigenvalue weighted by atomic mass is 9.99. The minimum absolute atomic E-state index is 0.0437. The summed E-state index contributed by atoms with van der Waals surface area (Å²) in [6.45, 7) is 2.09. The first-order valence-electron chi connectivity index (χ1n) is 11.3. The molecule has 3 heterocycles. The van der Waals surface area contributed by atoms with Crippen molar-refractivity contribution in [3.05, 3.63) is 63.7 Å². The van der Waals surface area contributed by atoms with Crippen LogP contribution in [-0.2, 0) is 0 Å². The van der Waals surface area contributed by atoms with E-state index in [0.717, 1.165) is 13.8 Å². The van der Waals surface area contributed by atoms with Crippen LogP contribution in [-0.4, -0.2) is 62.7 Å². The second-order valence-electron chi connectivity index (χ2n) is 9.67. The maximum absolute atomic E-state index is 14.8. The maximum atomic E-state index is 14.8. The van der Waals surface area contributed by atoms with Gasteiger partial charge in [-0.25, -0.2) is 18.2 Å². The zero-order valence-electron chi connectivity index (χ0n) is 20.0. The van der Waals surface area contributed by atoms with Crippen molar-refractivity contribution in [1.29, 1.82) is 0 Å². The molecular formula is C24H22F6N4O4. The molecule has 0 aliphatic carbocycles. The number of carbonyl (C=O) groups excluding carboxylic acids is 1. The van der Waals surface area contributed by atoms with Crippen LogP contribution >= 0.6 is 0 Å². The van der Waals surface area contributed by atoms with Crippen molar-refractivity contribution in [1.82, 2.24) is 14.9 Å². The van der Waals surface area contributed by atoms with Crippen LogP contribution in [0.1, 0.15) is 30.6 Å². The van der Waals surface area contributed by atoms with Gasteiger partial charge in [0, 0.05) is 37.0 Å². The zero-order valence-corrected chi connectivity index (χ0v) is 20.0. The van der Waals surface area contributed by atoms with Crippen LogP contribution in [0, 0.1) is 17.5 Å². The van der Waals surface area contributed by atoms with E-state index in [1.165, 1.54) is 17.0 Å². The Morgan fingerprint density at radius 1 is 1.08 bits per heavy atom. The van der Waals surface area contributed by atoms with E-state index < -0.39 is 70.4 Å². The van der Waals surface area contributed by atoms with Gasteiger partial charge in [0.05, 0.1) is 24.0 Å². The molecule has 2 atom stereocenters. The van der Waals surface area contributed by atoms with Gasteiger partial charge in [0.15, 0.2) is 17.3 Å². The summed E-state index contributed by atoms with van der Waals surface area (Å²) in [5.41, 5.74) is -4.82. The minimum Gasteiger partial charge on any atom is -0.389 e. The highest BCUT2D eigenvalue weighted by Crippen LogP contribution is 2.29. The van der Waals surface area contributed by atoms with Crippen molar-refractivity contribution in [3.63, 3.8) is 0 Å². The molecule has 1 aliphatic rings. The zero-order chi connectivity index (χ0) is 28.2. The number of hydrogen-bond donors (Lipinski definition) is 3. The first-order chi connectivity index (χ1) is 17.6. The average molecular weight is 544 g/mol. The Labute approximate surface area is 211 Å². The largest absolute Gasteiger partial charge is 0.391 e. The number of pyridine rings is 2. The molecule has 1 aliphatic heterocycles. The Morgan fingerprint density at radius 2 is 1.66 bits per heavy atom. The third kappa shape index (κ3) is 5.45. The Bertz CT molecular complexity index is 1440. The number of rotatable bonds is 5. The van der Waals surface area contributed by atoms with Gasteiger partial charge in [-0.2, -0.15) is 13.2 Å². The van der Waals surface area contributed by atoms with E-state index in [2.05, 4.69) is 10.3 Å². The second-order valence-corrected chi connectivity index (χ2v) is 9.67. The lowest BCUT2D eigenvalue weighted by Gasteiger charge is -2.27. The van der Waals surface area contributed by atoms with Crippen molar-refractivity contribution in [2.24, 2.45) is 0 Å². The van der Waals surface area contributed by atoms with Crippen molar-refractivity contribution >= 4 is 22.8 Å². The summed E-state index contributed by atoms with van der Waals surface area (Å²) in [6, 6.07) is 3.23. The number of β-amino-alcohol motifs (C(OH)–C–C–N with tert-alkyl or cyclic N) is 2. The van der Waals surface area contributed by atoms with E-state index in [4.69, 9.17) is 0 Å². The molecule has 8 nitrogen and oxygen atoms in total. The highest BCUT2D eigenvalue weighted by molar-refractivity contribution is 5.97. The molecule has 3 aromatic rings. The molecule has 1 fully saturated rings. The number of aromatic nitrogens is 2. The van der Waals surface area contributed by atoms with Crippen LogP contribution in [0.5, 0.6) is 0 Å².